The number of nitrogens with one attached hydrogen (secondary N) is 2. The first-order valence-corrected chi connectivity index (χ1v) is 6.16. The Morgan fingerprint density at radius 2 is 2.31 bits per heavy atom. The quantitative estimate of drug-likeness (QED) is 0.812. The molecule has 0 saturated carbocycles. The van der Waals surface area contributed by atoms with Crippen molar-refractivity contribution in [2.24, 2.45) is 0 Å². The first kappa shape index (κ1) is 11.6. The number of aromatic nitrogens is 2. The van der Waals surface area contributed by atoms with Crippen molar-refractivity contribution in [2.45, 2.75) is 45.3 Å². The number of aromatic amines is 1. The van der Waals surface area contributed by atoms with E-state index in [9.17, 15) is 0 Å². The first-order valence-electron chi connectivity index (χ1n) is 6.16. The molecule has 0 aliphatic carbocycles. The van der Waals surface area contributed by atoms with Crippen molar-refractivity contribution in [3.05, 3.63) is 18.2 Å². The number of hydrogen-bond acceptors (Lipinski definition) is 3. The van der Waals surface area contributed by atoms with Gasteiger partial charge in [0.05, 0.1) is 6.04 Å². The second kappa shape index (κ2) is 4.97. The summed E-state index contributed by atoms with van der Waals surface area (Å²) >= 11 is 0. The van der Waals surface area contributed by atoms with Gasteiger partial charge in [-0.3, -0.25) is 4.90 Å². The van der Waals surface area contributed by atoms with Gasteiger partial charge in [-0.2, -0.15) is 0 Å². The molecule has 1 aromatic rings. The third kappa shape index (κ3) is 2.62. The lowest BCUT2D eigenvalue weighted by Crippen LogP contribution is -2.36. The van der Waals surface area contributed by atoms with E-state index in [1.165, 1.54) is 13.0 Å². The highest BCUT2D eigenvalue weighted by molar-refractivity contribution is 4.96. The number of imidazole rings is 1. The van der Waals surface area contributed by atoms with Gasteiger partial charge < -0.3 is 10.3 Å². The Morgan fingerprint density at radius 1 is 1.50 bits per heavy atom. The lowest BCUT2D eigenvalue weighted by atomic mass is 10.2. The van der Waals surface area contributed by atoms with Crippen LogP contribution in [0.2, 0.25) is 0 Å². The number of rotatable bonds is 4. The molecule has 1 aliphatic rings. The maximum atomic E-state index is 4.28. The molecular formula is C12H22N4. The highest BCUT2D eigenvalue weighted by Gasteiger charge is 2.25. The zero-order chi connectivity index (χ0) is 11.5. The summed E-state index contributed by atoms with van der Waals surface area (Å²) in [5.41, 5.74) is 0. The van der Waals surface area contributed by atoms with Crippen LogP contribution in [0, 0.1) is 0 Å². The molecule has 4 heteroatoms. The Bertz CT molecular complexity index is 307. The van der Waals surface area contributed by atoms with Crippen LogP contribution in [0.5, 0.6) is 0 Å². The van der Waals surface area contributed by atoms with E-state index in [0.717, 1.165) is 12.4 Å². The van der Waals surface area contributed by atoms with Crippen molar-refractivity contribution < 1.29 is 0 Å². The van der Waals surface area contributed by atoms with Gasteiger partial charge in [0.1, 0.15) is 5.82 Å². The molecule has 2 unspecified atom stereocenters. The maximum absolute atomic E-state index is 4.28. The molecule has 2 rings (SSSR count). The third-order valence-corrected chi connectivity index (χ3v) is 3.37. The van der Waals surface area contributed by atoms with Gasteiger partial charge in [-0.15, -0.1) is 0 Å². The van der Waals surface area contributed by atoms with E-state index < -0.39 is 0 Å². The minimum Gasteiger partial charge on any atom is -0.347 e. The zero-order valence-corrected chi connectivity index (χ0v) is 10.4. The molecule has 1 aromatic heterocycles. The average molecular weight is 222 g/mol. The van der Waals surface area contributed by atoms with Crippen LogP contribution in [0.15, 0.2) is 12.4 Å². The Kier molecular flexibility index (Phi) is 3.61. The van der Waals surface area contributed by atoms with Gasteiger partial charge in [-0.05, 0) is 33.7 Å². The summed E-state index contributed by atoms with van der Waals surface area (Å²) in [6.45, 7) is 9.05. The van der Waals surface area contributed by atoms with Crippen molar-refractivity contribution in [2.75, 3.05) is 13.1 Å². The molecule has 1 saturated heterocycles. The van der Waals surface area contributed by atoms with Gasteiger partial charge in [-0.25, -0.2) is 4.98 Å². The van der Waals surface area contributed by atoms with Gasteiger partial charge in [0.25, 0.3) is 0 Å². The second-order valence-electron chi connectivity index (χ2n) is 4.94. The number of likely N-dealkylation sites (tertiary alicyclic amines) is 1. The van der Waals surface area contributed by atoms with Crippen LogP contribution in [0.25, 0.3) is 0 Å². The van der Waals surface area contributed by atoms with Gasteiger partial charge in [0.2, 0.25) is 0 Å². The Hall–Kier alpha value is -0.870. The average Bonchev–Trinajstić information content (AvgIpc) is 2.87. The van der Waals surface area contributed by atoms with E-state index in [-0.39, 0.29) is 0 Å². The van der Waals surface area contributed by atoms with Crippen LogP contribution in [-0.4, -0.2) is 40.0 Å². The molecule has 90 valence electrons. The second-order valence-corrected chi connectivity index (χ2v) is 4.94. The molecule has 4 nitrogen and oxygen atoms in total. The van der Waals surface area contributed by atoms with Crippen molar-refractivity contribution in [3.63, 3.8) is 0 Å². The summed E-state index contributed by atoms with van der Waals surface area (Å²) in [5, 5.41) is 3.63. The van der Waals surface area contributed by atoms with E-state index in [2.05, 4.69) is 41.0 Å². The molecule has 1 aliphatic heterocycles. The molecule has 1 fully saturated rings. The van der Waals surface area contributed by atoms with Crippen molar-refractivity contribution in [1.82, 2.24) is 20.2 Å². The molecule has 16 heavy (non-hydrogen) atoms. The van der Waals surface area contributed by atoms with Gasteiger partial charge in [0, 0.05) is 31.0 Å². The summed E-state index contributed by atoms with van der Waals surface area (Å²) in [7, 11) is 0. The number of H-pyrrole nitrogens is 1. The SMILES string of the molecule is CC(NC1CCN(C(C)C)C1)c1ncc[nH]1. The molecular weight excluding hydrogens is 200 g/mol. The summed E-state index contributed by atoms with van der Waals surface area (Å²) in [6.07, 6.45) is 4.92. The van der Waals surface area contributed by atoms with Gasteiger partial charge in [-0.1, -0.05) is 0 Å². The van der Waals surface area contributed by atoms with Crippen molar-refractivity contribution in [1.29, 1.82) is 0 Å². The minimum atomic E-state index is 0.312. The van der Waals surface area contributed by atoms with E-state index in [0.29, 0.717) is 18.1 Å². The molecule has 0 bridgehead atoms. The largest absolute Gasteiger partial charge is 0.347 e. The molecule has 0 aromatic carbocycles. The normalized spacial score (nSPS) is 24.1. The topological polar surface area (TPSA) is 44.0 Å². The molecule has 2 atom stereocenters. The Balaban J connectivity index is 1.83. The fourth-order valence-corrected chi connectivity index (χ4v) is 2.34. The molecule has 0 radical (unpaired) electrons. The summed E-state index contributed by atoms with van der Waals surface area (Å²) in [4.78, 5) is 9.96. The van der Waals surface area contributed by atoms with Crippen LogP contribution in [-0.2, 0) is 0 Å². The third-order valence-electron chi connectivity index (χ3n) is 3.37. The van der Waals surface area contributed by atoms with Crippen molar-refractivity contribution in [3.8, 4) is 0 Å². The summed E-state index contributed by atoms with van der Waals surface area (Å²) in [6, 6.07) is 1.57. The van der Waals surface area contributed by atoms with Crippen molar-refractivity contribution >= 4 is 0 Å². The fourth-order valence-electron chi connectivity index (χ4n) is 2.34. The minimum absolute atomic E-state index is 0.312. The lowest BCUT2D eigenvalue weighted by molar-refractivity contribution is 0.265. The Morgan fingerprint density at radius 3 is 2.88 bits per heavy atom. The van der Waals surface area contributed by atoms with Crippen LogP contribution < -0.4 is 5.32 Å². The van der Waals surface area contributed by atoms with Gasteiger partial charge in [0.15, 0.2) is 0 Å². The first-order chi connectivity index (χ1) is 7.66. The van der Waals surface area contributed by atoms with Gasteiger partial charge >= 0.3 is 0 Å². The predicted octanol–water partition coefficient (Wildman–Crippen LogP) is 1.54. The maximum Gasteiger partial charge on any atom is 0.122 e. The zero-order valence-electron chi connectivity index (χ0n) is 10.4. The van der Waals surface area contributed by atoms with E-state index >= 15 is 0 Å². The number of hydrogen-bond donors (Lipinski definition) is 2. The standard InChI is InChI=1S/C12H22N4/c1-9(2)16-7-4-11(8-16)15-10(3)12-13-5-6-14-12/h5-6,9-11,15H,4,7-8H2,1-3H3,(H,13,14). The molecule has 0 spiro atoms. The smallest absolute Gasteiger partial charge is 0.122 e. The van der Waals surface area contributed by atoms with Crippen LogP contribution >= 0.6 is 0 Å². The van der Waals surface area contributed by atoms with Crippen LogP contribution in [0.3, 0.4) is 0 Å². The molecule has 2 N–H and O–H groups in total. The van der Waals surface area contributed by atoms with Crippen LogP contribution in [0.1, 0.15) is 39.1 Å². The predicted molar refractivity (Wildman–Crippen MR) is 65.3 cm³/mol. The number of nitrogens with zero attached hydrogens (tertiary/aromatic N) is 2. The fraction of sp³-hybridized carbons (Fsp3) is 0.750. The van der Waals surface area contributed by atoms with E-state index in [4.69, 9.17) is 0 Å². The summed E-state index contributed by atoms with van der Waals surface area (Å²) < 4.78 is 0. The Labute approximate surface area is 97.4 Å². The summed E-state index contributed by atoms with van der Waals surface area (Å²) in [5.74, 6) is 1.03. The highest BCUT2D eigenvalue weighted by Crippen LogP contribution is 2.15. The highest BCUT2D eigenvalue weighted by atomic mass is 15.2. The monoisotopic (exact) mass is 222 g/mol. The molecule has 0 amide bonds. The van der Waals surface area contributed by atoms with Crippen LogP contribution in [0.4, 0.5) is 0 Å². The molecule has 2 heterocycles. The van der Waals surface area contributed by atoms with E-state index in [1.54, 1.807) is 0 Å². The van der Waals surface area contributed by atoms with E-state index in [1.807, 2.05) is 12.4 Å². The lowest BCUT2D eigenvalue weighted by Gasteiger charge is -2.22.